The molecule has 4 atom stereocenters. The first-order valence-electron chi connectivity index (χ1n) is 6.51. The summed E-state index contributed by atoms with van der Waals surface area (Å²) in [6.45, 7) is -0.499. The van der Waals surface area contributed by atoms with Gasteiger partial charge in [-0.15, -0.1) is 0 Å². The van der Waals surface area contributed by atoms with Crippen LogP contribution in [0.25, 0.3) is 0 Å². The molecule has 25 heavy (non-hydrogen) atoms. The summed E-state index contributed by atoms with van der Waals surface area (Å²) in [5, 5.41) is 18.7. The molecule has 1 saturated heterocycles. The fraction of sp³-hybridized carbons (Fsp3) is 0.556. The van der Waals surface area contributed by atoms with E-state index >= 15 is 0 Å². The summed E-state index contributed by atoms with van der Waals surface area (Å²) in [5.41, 5.74) is -0.809. The van der Waals surface area contributed by atoms with Gasteiger partial charge in [0.15, 0.2) is 10.4 Å². The SMILES string of the molecule is O=c1[nH]c(=S)c(OP(=O)(O)OP(=O)(O)O)cn1[C@H]1C[C@H](O)[C@@H](CO)O1. The van der Waals surface area contributed by atoms with E-state index in [4.69, 9.17) is 31.8 Å². The molecule has 13 nitrogen and oxygen atoms in total. The first-order valence-corrected chi connectivity index (χ1v) is 9.94. The number of nitrogens with zero attached hydrogens (tertiary/aromatic N) is 1. The highest BCUT2D eigenvalue weighted by molar-refractivity contribution is 7.71. The zero-order chi connectivity index (χ0) is 19.0. The molecule has 142 valence electrons. The first kappa shape index (κ1) is 20.4. The fourth-order valence-corrected chi connectivity index (χ4v) is 3.91. The Hall–Kier alpha value is -0.920. The summed E-state index contributed by atoms with van der Waals surface area (Å²) < 4.78 is 36.0. The van der Waals surface area contributed by atoms with Gasteiger partial charge >= 0.3 is 21.3 Å². The monoisotopic (exact) mass is 420 g/mol. The number of aliphatic hydroxyl groups is 2. The summed E-state index contributed by atoms with van der Waals surface area (Å²) in [4.78, 5) is 40.5. The quantitative estimate of drug-likeness (QED) is 0.246. The lowest BCUT2D eigenvalue weighted by molar-refractivity contribution is -0.0460. The number of nitrogens with one attached hydrogen (secondary N) is 1. The molecule has 0 amide bonds. The van der Waals surface area contributed by atoms with E-state index in [0.717, 1.165) is 10.8 Å². The van der Waals surface area contributed by atoms with Crippen molar-refractivity contribution in [3.8, 4) is 5.75 Å². The minimum absolute atomic E-state index is 0.0784. The molecule has 1 aromatic heterocycles. The lowest BCUT2D eigenvalue weighted by Crippen LogP contribution is -2.28. The van der Waals surface area contributed by atoms with Gasteiger partial charge in [-0.2, -0.15) is 4.31 Å². The van der Waals surface area contributed by atoms with E-state index in [1.165, 1.54) is 0 Å². The van der Waals surface area contributed by atoms with Crippen LogP contribution < -0.4 is 10.2 Å². The lowest BCUT2D eigenvalue weighted by atomic mass is 10.2. The van der Waals surface area contributed by atoms with Crippen LogP contribution in [0.5, 0.6) is 5.75 Å². The van der Waals surface area contributed by atoms with E-state index in [0.29, 0.717) is 0 Å². The van der Waals surface area contributed by atoms with Gasteiger partial charge in [-0.3, -0.25) is 14.4 Å². The Kier molecular flexibility index (Phi) is 6.01. The number of hydrogen-bond donors (Lipinski definition) is 6. The minimum atomic E-state index is -5.34. The third kappa shape index (κ3) is 5.28. The maximum absolute atomic E-state index is 11.9. The van der Waals surface area contributed by atoms with Gasteiger partial charge in [0.05, 0.1) is 18.9 Å². The van der Waals surface area contributed by atoms with Crippen LogP contribution in [-0.4, -0.2) is 53.3 Å². The number of rotatable bonds is 6. The standard InChI is InChI=1S/C9H14N2O11P2S/c12-3-6-4(13)1-7(20-6)11-2-5(8(25)10-9(11)14)21-24(18,19)22-23(15,16)17/h2,4,6-7,12-13H,1,3H2,(H,18,19)(H,10,14,25)(H2,15,16,17)/t4-,6+,7+/m0/s1. The molecule has 0 aromatic carbocycles. The number of hydrogen-bond acceptors (Lipinski definition) is 9. The van der Waals surface area contributed by atoms with Crippen molar-refractivity contribution < 1.29 is 47.6 Å². The Balaban J connectivity index is 2.33. The smallest absolute Gasteiger partial charge is 0.399 e. The number of phosphoric ester groups is 1. The number of aliphatic hydroxyl groups excluding tert-OH is 2. The van der Waals surface area contributed by atoms with E-state index in [1.54, 1.807) is 0 Å². The summed E-state index contributed by atoms with van der Waals surface area (Å²) in [6.07, 6.45) is -2.27. The highest BCUT2D eigenvalue weighted by Gasteiger charge is 2.37. The average molecular weight is 420 g/mol. The van der Waals surface area contributed by atoms with Gasteiger partial charge in [0.1, 0.15) is 12.3 Å². The van der Waals surface area contributed by atoms with Gasteiger partial charge in [0, 0.05) is 6.42 Å². The van der Waals surface area contributed by atoms with Crippen molar-refractivity contribution in [3.05, 3.63) is 21.3 Å². The van der Waals surface area contributed by atoms with Crippen LogP contribution in [0.15, 0.2) is 11.0 Å². The summed E-state index contributed by atoms with van der Waals surface area (Å²) in [7, 11) is -10.6. The molecule has 2 heterocycles. The van der Waals surface area contributed by atoms with E-state index < -0.39 is 56.8 Å². The maximum atomic E-state index is 11.9. The van der Waals surface area contributed by atoms with E-state index in [2.05, 4.69) is 13.8 Å². The largest absolute Gasteiger partial charge is 0.536 e. The molecular weight excluding hydrogens is 406 g/mol. The molecule has 1 aliphatic rings. The first-order chi connectivity index (χ1) is 11.4. The van der Waals surface area contributed by atoms with Gasteiger partial charge in [0.2, 0.25) is 0 Å². The lowest BCUT2D eigenvalue weighted by Gasteiger charge is -2.17. The van der Waals surface area contributed by atoms with Crippen LogP contribution in [-0.2, 0) is 18.2 Å². The summed E-state index contributed by atoms with van der Waals surface area (Å²) >= 11 is 4.75. The molecule has 16 heteroatoms. The van der Waals surface area contributed by atoms with Crippen LogP contribution >= 0.6 is 27.9 Å². The molecule has 1 unspecified atom stereocenters. The van der Waals surface area contributed by atoms with Gasteiger partial charge in [-0.1, -0.05) is 12.2 Å². The third-order valence-corrected chi connectivity index (χ3v) is 5.46. The number of phosphoric acid groups is 2. The van der Waals surface area contributed by atoms with Gasteiger partial charge in [0.25, 0.3) is 0 Å². The second kappa shape index (κ2) is 7.37. The van der Waals surface area contributed by atoms with Gasteiger partial charge < -0.3 is 29.3 Å². The topological polar surface area (TPSA) is 201 Å². The van der Waals surface area contributed by atoms with Crippen molar-refractivity contribution in [2.75, 3.05) is 6.61 Å². The molecule has 0 bridgehead atoms. The molecule has 0 aliphatic carbocycles. The summed E-state index contributed by atoms with van der Waals surface area (Å²) in [5.74, 6) is -0.598. The van der Waals surface area contributed by atoms with Crippen molar-refractivity contribution in [3.63, 3.8) is 0 Å². The van der Waals surface area contributed by atoms with Gasteiger partial charge in [-0.25, -0.2) is 13.9 Å². The van der Waals surface area contributed by atoms with Crippen LogP contribution in [0.1, 0.15) is 12.6 Å². The molecule has 0 saturated carbocycles. The fourth-order valence-electron chi connectivity index (χ4n) is 2.07. The predicted molar refractivity (Wildman–Crippen MR) is 81.1 cm³/mol. The number of ether oxygens (including phenoxy) is 1. The molecule has 2 rings (SSSR count). The molecule has 0 spiro atoms. The average Bonchev–Trinajstić information content (AvgIpc) is 2.80. The molecule has 1 aliphatic heterocycles. The normalized spacial score (nSPS) is 26.4. The summed E-state index contributed by atoms with van der Waals surface area (Å²) in [6, 6.07) is 0. The highest BCUT2D eigenvalue weighted by atomic mass is 32.1. The molecule has 1 aromatic rings. The third-order valence-electron chi connectivity index (χ3n) is 3.05. The van der Waals surface area contributed by atoms with E-state index in [-0.39, 0.29) is 6.42 Å². The van der Waals surface area contributed by atoms with Crippen molar-refractivity contribution in [1.82, 2.24) is 9.55 Å². The Labute approximate surface area is 144 Å². The van der Waals surface area contributed by atoms with Crippen LogP contribution in [0.2, 0.25) is 0 Å². The van der Waals surface area contributed by atoms with Crippen molar-refractivity contribution >= 4 is 27.9 Å². The van der Waals surface area contributed by atoms with Crippen LogP contribution in [0.4, 0.5) is 0 Å². The van der Waals surface area contributed by atoms with Gasteiger partial charge in [-0.05, 0) is 0 Å². The van der Waals surface area contributed by atoms with Crippen molar-refractivity contribution in [2.45, 2.75) is 24.9 Å². The zero-order valence-electron chi connectivity index (χ0n) is 12.2. The van der Waals surface area contributed by atoms with Crippen molar-refractivity contribution in [1.29, 1.82) is 0 Å². The Morgan fingerprint density at radius 1 is 1.40 bits per heavy atom. The van der Waals surface area contributed by atoms with E-state index in [1.807, 2.05) is 0 Å². The second-order valence-electron chi connectivity index (χ2n) is 4.91. The zero-order valence-corrected chi connectivity index (χ0v) is 14.8. The molecule has 0 radical (unpaired) electrons. The Bertz CT molecular complexity index is 847. The Morgan fingerprint density at radius 2 is 2.04 bits per heavy atom. The van der Waals surface area contributed by atoms with Crippen LogP contribution in [0.3, 0.4) is 0 Å². The van der Waals surface area contributed by atoms with Crippen molar-refractivity contribution in [2.24, 2.45) is 0 Å². The predicted octanol–water partition coefficient (Wildman–Crippen LogP) is -0.865. The van der Waals surface area contributed by atoms with Crippen LogP contribution in [0, 0.1) is 4.64 Å². The van der Waals surface area contributed by atoms with E-state index in [9.17, 15) is 23.9 Å². The molecule has 1 fully saturated rings. The number of H-pyrrole nitrogens is 1. The second-order valence-corrected chi connectivity index (χ2v) is 8.07. The minimum Gasteiger partial charge on any atom is -0.399 e. The highest BCUT2D eigenvalue weighted by Crippen LogP contribution is 2.57. The Morgan fingerprint density at radius 3 is 2.56 bits per heavy atom. The number of aromatic nitrogens is 2. The number of aromatic amines is 1. The molecule has 6 N–H and O–H groups in total. The molecular formula is C9H14N2O11P2S. The maximum Gasteiger partial charge on any atom is 0.536 e.